The van der Waals surface area contributed by atoms with Crippen LogP contribution >= 0.6 is 11.3 Å². The van der Waals surface area contributed by atoms with E-state index in [-0.39, 0.29) is 25.3 Å². The van der Waals surface area contributed by atoms with E-state index in [2.05, 4.69) is 21.3 Å². The monoisotopic (exact) mass is 316 g/mol. The van der Waals surface area contributed by atoms with Gasteiger partial charge in [-0.3, -0.25) is 4.79 Å². The molecule has 0 radical (unpaired) electrons. The first-order valence-electron chi connectivity index (χ1n) is 5.78. The van der Waals surface area contributed by atoms with Crippen LogP contribution in [0.5, 0.6) is 0 Å². The van der Waals surface area contributed by atoms with Gasteiger partial charge in [0, 0.05) is 17.0 Å². The van der Waals surface area contributed by atoms with Crippen molar-refractivity contribution in [2.75, 3.05) is 19.4 Å². The van der Waals surface area contributed by atoms with Gasteiger partial charge in [-0.1, -0.05) is 11.8 Å². The van der Waals surface area contributed by atoms with Gasteiger partial charge in [0.05, 0.1) is 25.8 Å². The van der Waals surface area contributed by atoms with Gasteiger partial charge in [0.1, 0.15) is 0 Å². The molecule has 0 spiro atoms. The topological polar surface area (TPSA) is 98.5 Å². The highest BCUT2D eigenvalue weighted by Crippen LogP contribution is 2.15. The molecule has 20 heavy (non-hydrogen) atoms. The van der Waals surface area contributed by atoms with E-state index >= 15 is 0 Å². The molecule has 3 N–H and O–H groups in total. The number of nitrogens with one attached hydrogen (secondary N) is 1. The lowest BCUT2D eigenvalue weighted by Gasteiger charge is -2.05. The number of ether oxygens (including phenoxy) is 1. The van der Waals surface area contributed by atoms with E-state index in [1.54, 1.807) is 0 Å². The molecule has 1 rings (SSSR count). The molecule has 0 saturated heterocycles. The zero-order chi connectivity index (χ0) is 15.0. The average Bonchev–Trinajstić information content (AvgIpc) is 2.88. The Bertz CT molecular complexity index is 611. The number of nitrogens with two attached hydrogens (primary N) is 1. The average molecular weight is 316 g/mol. The van der Waals surface area contributed by atoms with Crippen molar-refractivity contribution in [1.82, 2.24) is 4.72 Å². The number of hydrogen-bond acceptors (Lipinski definition) is 6. The van der Waals surface area contributed by atoms with E-state index < -0.39 is 16.0 Å². The van der Waals surface area contributed by atoms with Crippen LogP contribution in [-0.2, 0) is 26.1 Å². The predicted molar refractivity (Wildman–Crippen MR) is 77.5 cm³/mol. The van der Waals surface area contributed by atoms with Gasteiger partial charge in [-0.15, -0.1) is 11.3 Å². The van der Waals surface area contributed by atoms with Crippen molar-refractivity contribution in [3.8, 4) is 11.8 Å². The molecular weight excluding hydrogens is 300 g/mol. The van der Waals surface area contributed by atoms with E-state index in [1.807, 2.05) is 11.4 Å². The van der Waals surface area contributed by atoms with Crippen LogP contribution in [0, 0.1) is 11.8 Å². The molecule has 8 heteroatoms. The van der Waals surface area contributed by atoms with Crippen LogP contribution in [0.3, 0.4) is 0 Å². The van der Waals surface area contributed by atoms with E-state index in [9.17, 15) is 13.2 Å². The molecule has 0 bridgehead atoms. The molecule has 0 saturated carbocycles. The Labute approximate surface area is 122 Å². The van der Waals surface area contributed by atoms with Crippen molar-refractivity contribution >= 4 is 27.3 Å². The molecule has 0 unspecified atom stereocenters. The number of sulfonamides is 1. The number of carbonyl (C=O) groups is 1. The van der Waals surface area contributed by atoms with Crippen LogP contribution < -0.4 is 10.5 Å². The van der Waals surface area contributed by atoms with E-state index in [1.165, 1.54) is 18.4 Å². The van der Waals surface area contributed by atoms with Crippen molar-refractivity contribution in [2.45, 2.75) is 13.0 Å². The maximum Gasteiger partial charge on any atom is 0.306 e. The number of thiophene rings is 1. The van der Waals surface area contributed by atoms with Crippen molar-refractivity contribution in [2.24, 2.45) is 5.73 Å². The molecule has 0 aliphatic carbocycles. The van der Waals surface area contributed by atoms with Gasteiger partial charge in [-0.25, -0.2) is 13.1 Å². The zero-order valence-electron chi connectivity index (χ0n) is 11.0. The Morgan fingerprint density at radius 1 is 1.55 bits per heavy atom. The Hall–Kier alpha value is -1.40. The zero-order valence-corrected chi connectivity index (χ0v) is 12.6. The molecular formula is C12H16N2O4S2. The number of carbonyl (C=O) groups excluding carboxylic acids is 1. The van der Waals surface area contributed by atoms with Gasteiger partial charge < -0.3 is 10.5 Å². The van der Waals surface area contributed by atoms with Crippen molar-refractivity contribution in [1.29, 1.82) is 0 Å². The second-order valence-electron chi connectivity index (χ2n) is 3.73. The van der Waals surface area contributed by atoms with Crippen LogP contribution in [0.4, 0.5) is 0 Å². The highest BCUT2D eigenvalue weighted by atomic mass is 32.2. The second kappa shape index (κ2) is 8.01. The van der Waals surface area contributed by atoms with Crippen molar-refractivity contribution in [3.63, 3.8) is 0 Å². The Morgan fingerprint density at radius 2 is 2.30 bits per heavy atom. The molecule has 0 aliphatic rings. The first-order chi connectivity index (χ1) is 9.48. The third-order valence-electron chi connectivity index (χ3n) is 2.33. The summed E-state index contributed by atoms with van der Waals surface area (Å²) in [6.45, 7) is 0.399. The third-order valence-corrected chi connectivity index (χ3v) is 4.57. The minimum Gasteiger partial charge on any atom is -0.469 e. The summed E-state index contributed by atoms with van der Waals surface area (Å²) in [5.74, 6) is 4.75. The lowest BCUT2D eigenvalue weighted by molar-refractivity contribution is -0.140. The lowest BCUT2D eigenvalue weighted by Crippen LogP contribution is -2.27. The van der Waals surface area contributed by atoms with Gasteiger partial charge in [-0.05, 0) is 11.4 Å². The second-order valence-corrected chi connectivity index (χ2v) is 6.66. The minimum atomic E-state index is -3.52. The fourth-order valence-electron chi connectivity index (χ4n) is 1.30. The van der Waals surface area contributed by atoms with Gasteiger partial charge >= 0.3 is 5.97 Å². The fraction of sp³-hybridized carbons (Fsp3) is 0.417. The lowest BCUT2D eigenvalue weighted by atomic mass is 10.2. The van der Waals surface area contributed by atoms with Crippen molar-refractivity contribution < 1.29 is 17.9 Å². The molecule has 110 valence electrons. The SMILES string of the molecule is COC(=O)CCS(=O)(=O)NCc1sccc1C#CCN. The maximum atomic E-state index is 11.7. The van der Waals surface area contributed by atoms with Gasteiger partial charge in [0.2, 0.25) is 10.0 Å². The molecule has 1 aromatic rings. The number of rotatable bonds is 6. The summed E-state index contributed by atoms with van der Waals surface area (Å²) in [6.07, 6.45) is -0.171. The molecule has 0 aromatic carbocycles. The van der Waals surface area contributed by atoms with Crippen LogP contribution in [0.25, 0.3) is 0 Å². The summed E-state index contributed by atoms with van der Waals surface area (Å²) in [5, 5.41) is 1.83. The summed E-state index contributed by atoms with van der Waals surface area (Å²) in [5.41, 5.74) is 6.05. The quantitative estimate of drug-likeness (QED) is 0.570. The van der Waals surface area contributed by atoms with Gasteiger partial charge in [-0.2, -0.15) is 0 Å². The fourth-order valence-corrected chi connectivity index (χ4v) is 3.11. The van der Waals surface area contributed by atoms with Gasteiger partial charge in [0.25, 0.3) is 0 Å². The van der Waals surface area contributed by atoms with E-state index in [0.717, 1.165) is 10.4 Å². The Kier molecular flexibility index (Phi) is 6.67. The first-order valence-corrected chi connectivity index (χ1v) is 8.31. The summed E-state index contributed by atoms with van der Waals surface area (Å²) < 4.78 is 30.2. The summed E-state index contributed by atoms with van der Waals surface area (Å²) in [6, 6.07) is 1.81. The van der Waals surface area contributed by atoms with Crippen LogP contribution in [0.2, 0.25) is 0 Å². The van der Waals surface area contributed by atoms with E-state index in [4.69, 9.17) is 5.73 Å². The summed E-state index contributed by atoms with van der Waals surface area (Å²) in [7, 11) is -2.30. The Morgan fingerprint density at radius 3 is 2.95 bits per heavy atom. The molecule has 1 aromatic heterocycles. The van der Waals surface area contributed by atoms with Gasteiger partial charge in [0.15, 0.2) is 0 Å². The first kappa shape index (κ1) is 16.7. The number of esters is 1. The largest absolute Gasteiger partial charge is 0.469 e. The summed E-state index contributed by atoms with van der Waals surface area (Å²) >= 11 is 1.41. The van der Waals surface area contributed by atoms with Crippen LogP contribution in [-0.4, -0.2) is 33.8 Å². The maximum absolute atomic E-state index is 11.7. The molecule has 6 nitrogen and oxygen atoms in total. The Balaban J connectivity index is 2.58. The van der Waals surface area contributed by atoms with Crippen LogP contribution in [0.15, 0.2) is 11.4 Å². The predicted octanol–water partition coefficient (Wildman–Crippen LogP) is 0.0408. The summed E-state index contributed by atoms with van der Waals surface area (Å²) in [4.78, 5) is 11.7. The normalized spacial score (nSPS) is 10.7. The molecule has 0 atom stereocenters. The highest BCUT2D eigenvalue weighted by Gasteiger charge is 2.14. The minimum absolute atomic E-state index is 0.149. The highest BCUT2D eigenvalue weighted by molar-refractivity contribution is 7.89. The molecule has 0 fully saturated rings. The third kappa shape index (κ3) is 5.71. The molecule has 0 aliphatic heterocycles. The van der Waals surface area contributed by atoms with E-state index in [0.29, 0.717) is 0 Å². The standard InChI is InChI=1S/C12H16N2O4S2/c1-18-12(15)5-8-20(16,17)14-9-11-10(3-2-6-13)4-7-19-11/h4,7,14H,5-6,8-9,13H2,1H3. The number of methoxy groups -OCH3 is 1. The van der Waals surface area contributed by atoms with Crippen molar-refractivity contribution in [3.05, 3.63) is 21.9 Å². The smallest absolute Gasteiger partial charge is 0.306 e. The number of hydrogen-bond donors (Lipinski definition) is 2. The molecule has 0 amide bonds. The van der Waals surface area contributed by atoms with Crippen LogP contribution in [0.1, 0.15) is 16.9 Å². The molecule has 1 heterocycles.